The number of nitrogens with zero attached hydrogens (tertiary/aromatic N) is 6. The van der Waals surface area contributed by atoms with Gasteiger partial charge in [0.1, 0.15) is 0 Å². The van der Waals surface area contributed by atoms with Gasteiger partial charge in [0.05, 0.1) is 33.5 Å². The van der Waals surface area contributed by atoms with Gasteiger partial charge in [-0.15, -0.1) is 0 Å². The van der Waals surface area contributed by atoms with Crippen LogP contribution in [0.15, 0.2) is 243 Å². The molecule has 4 aromatic heterocycles. The zero-order valence-electron chi connectivity index (χ0n) is 36.8. The third-order valence-corrected chi connectivity index (χ3v) is 13.0. The number of fused-ring (bicyclic) bond motifs is 7. The number of aromatic nitrogens is 6. The number of hydrogen-bond acceptors (Lipinski definition) is 4. The van der Waals surface area contributed by atoms with Crippen molar-refractivity contribution in [3.05, 3.63) is 243 Å². The molecule has 9 aromatic carbocycles. The molecule has 0 N–H and O–H groups in total. The lowest BCUT2D eigenvalue weighted by molar-refractivity contribution is 0.953. The average molecular weight is 869 g/mol. The van der Waals surface area contributed by atoms with E-state index in [2.05, 4.69) is 215 Å². The molecular formula is C62H40N6. The molecule has 0 aliphatic rings. The van der Waals surface area contributed by atoms with Gasteiger partial charge >= 0.3 is 0 Å². The first kappa shape index (κ1) is 39.1. The summed E-state index contributed by atoms with van der Waals surface area (Å²) in [6, 6.07) is 85.2. The number of para-hydroxylation sites is 2. The first-order valence-corrected chi connectivity index (χ1v) is 22.9. The van der Waals surface area contributed by atoms with E-state index in [4.69, 9.17) is 19.9 Å². The van der Waals surface area contributed by atoms with Crippen LogP contribution in [0.2, 0.25) is 0 Å². The fraction of sp³-hybridized carbons (Fsp3) is 0. The van der Waals surface area contributed by atoms with Crippen LogP contribution in [0.1, 0.15) is 0 Å². The summed E-state index contributed by atoms with van der Waals surface area (Å²) in [4.78, 5) is 21.1. The Morgan fingerprint density at radius 1 is 0.250 bits per heavy atom. The molecule has 0 aliphatic heterocycles. The molecule has 13 aromatic rings. The van der Waals surface area contributed by atoms with Gasteiger partial charge in [-0.05, 0) is 64.7 Å². The minimum absolute atomic E-state index is 0.549. The van der Waals surface area contributed by atoms with E-state index in [-0.39, 0.29) is 0 Å². The van der Waals surface area contributed by atoms with E-state index in [9.17, 15) is 0 Å². The summed E-state index contributed by atoms with van der Waals surface area (Å²) in [5, 5.41) is 4.51. The summed E-state index contributed by atoms with van der Waals surface area (Å²) >= 11 is 0. The Morgan fingerprint density at radius 3 is 1.25 bits per heavy atom. The maximum Gasteiger partial charge on any atom is 0.238 e. The van der Waals surface area contributed by atoms with Crippen molar-refractivity contribution in [1.82, 2.24) is 29.1 Å². The van der Waals surface area contributed by atoms with Crippen LogP contribution < -0.4 is 0 Å². The fourth-order valence-electron chi connectivity index (χ4n) is 9.79. The lowest BCUT2D eigenvalue weighted by Crippen LogP contribution is -2.07. The highest BCUT2D eigenvalue weighted by atomic mass is 15.2. The molecule has 0 aliphatic carbocycles. The van der Waals surface area contributed by atoms with Crippen molar-refractivity contribution >= 4 is 43.6 Å². The zero-order chi connectivity index (χ0) is 45.0. The standard InChI is InChI=1S/C62H40N6/c1-5-19-41(20-6-1)45-27-17-28-46(37-45)54-39-48(42-21-7-2-8-22-42)40-55(63-54)47-29-18-30-49(38-47)67-56-33-15-13-31-50(56)52-35-36-53-51-32-14-16-34-57(51)68(59(53)58(52)67)62-65-60(43-23-9-3-10-24-43)64-61(66-62)44-25-11-4-12-26-44/h1-40H. The van der Waals surface area contributed by atoms with Gasteiger partial charge < -0.3 is 4.57 Å². The quantitative estimate of drug-likeness (QED) is 0.153. The molecule has 0 fully saturated rings. The summed E-state index contributed by atoms with van der Waals surface area (Å²) in [5.74, 6) is 1.77. The molecule has 0 saturated heterocycles. The van der Waals surface area contributed by atoms with Crippen LogP contribution in [0.5, 0.6) is 0 Å². The number of rotatable bonds is 8. The van der Waals surface area contributed by atoms with Gasteiger partial charge in [-0.1, -0.05) is 200 Å². The van der Waals surface area contributed by atoms with Crippen molar-refractivity contribution in [2.24, 2.45) is 0 Å². The maximum absolute atomic E-state index is 5.44. The summed E-state index contributed by atoms with van der Waals surface area (Å²) in [5.41, 5.74) is 15.5. The Labute approximate surface area is 392 Å². The van der Waals surface area contributed by atoms with Crippen LogP contribution in [0.4, 0.5) is 0 Å². The predicted molar refractivity (Wildman–Crippen MR) is 279 cm³/mol. The van der Waals surface area contributed by atoms with E-state index in [1.54, 1.807) is 0 Å². The first-order chi connectivity index (χ1) is 33.7. The number of hydrogen-bond donors (Lipinski definition) is 0. The van der Waals surface area contributed by atoms with Crippen molar-refractivity contribution in [3.8, 4) is 79.2 Å². The van der Waals surface area contributed by atoms with Gasteiger partial charge in [0.2, 0.25) is 5.95 Å². The van der Waals surface area contributed by atoms with Crippen LogP contribution in [-0.4, -0.2) is 29.1 Å². The van der Waals surface area contributed by atoms with Crippen LogP contribution in [0.25, 0.3) is 123 Å². The average Bonchev–Trinajstić information content (AvgIpc) is 3.95. The molecule has 0 bridgehead atoms. The van der Waals surface area contributed by atoms with Gasteiger partial charge in [0, 0.05) is 49.5 Å². The van der Waals surface area contributed by atoms with Crippen LogP contribution in [-0.2, 0) is 0 Å². The Morgan fingerprint density at radius 2 is 0.676 bits per heavy atom. The van der Waals surface area contributed by atoms with Gasteiger partial charge in [-0.25, -0.2) is 9.97 Å². The zero-order valence-corrected chi connectivity index (χ0v) is 36.8. The predicted octanol–water partition coefficient (Wildman–Crippen LogP) is 15.5. The molecule has 6 heteroatoms. The van der Waals surface area contributed by atoms with Crippen molar-refractivity contribution in [2.75, 3.05) is 0 Å². The topological polar surface area (TPSA) is 61.4 Å². The third-order valence-electron chi connectivity index (χ3n) is 13.0. The molecular weight excluding hydrogens is 829 g/mol. The van der Waals surface area contributed by atoms with Gasteiger partial charge in [-0.2, -0.15) is 9.97 Å². The number of pyridine rings is 1. The van der Waals surface area contributed by atoms with Crippen molar-refractivity contribution in [2.45, 2.75) is 0 Å². The minimum atomic E-state index is 0.549. The SMILES string of the molecule is c1ccc(-c2cccc(-c3cc(-c4ccccc4)cc(-c4cccc(-n5c6ccccc6c6ccc7c8ccccc8n(-c8nc(-c9ccccc9)nc(-c9ccccc9)n8)c7c65)c4)n3)c2)cc1. The normalized spacial score (nSPS) is 11.5. The Bertz CT molecular complexity index is 3950. The first-order valence-electron chi connectivity index (χ1n) is 22.9. The minimum Gasteiger partial charge on any atom is -0.307 e. The Hall–Kier alpha value is -9.26. The Kier molecular flexibility index (Phi) is 9.39. The van der Waals surface area contributed by atoms with Crippen molar-refractivity contribution in [1.29, 1.82) is 0 Å². The summed E-state index contributed by atoms with van der Waals surface area (Å²) in [6.45, 7) is 0. The second-order valence-corrected chi connectivity index (χ2v) is 17.1. The largest absolute Gasteiger partial charge is 0.307 e. The molecule has 0 atom stereocenters. The van der Waals surface area contributed by atoms with Crippen LogP contribution >= 0.6 is 0 Å². The van der Waals surface area contributed by atoms with Crippen LogP contribution in [0.3, 0.4) is 0 Å². The second-order valence-electron chi connectivity index (χ2n) is 17.1. The van der Waals surface area contributed by atoms with E-state index >= 15 is 0 Å². The van der Waals surface area contributed by atoms with Gasteiger partial charge in [-0.3, -0.25) is 4.57 Å². The molecule has 0 spiro atoms. The molecule has 318 valence electrons. The monoisotopic (exact) mass is 868 g/mol. The molecule has 0 radical (unpaired) electrons. The highest BCUT2D eigenvalue weighted by molar-refractivity contribution is 6.23. The highest BCUT2D eigenvalue weighted by Crippen LogP contribution is 2.42. The second kappa shape index (κ2) is 16.3. The smallest absolute Gasteiger partial charge is 0.238 e. The Balaban J connectivity index is 1.06. The van der Waals surface area contributed by atoms with Crippen molar-refractivity contribution in [3.63, 3.8) is 0 Å². The summed E-state index contributed by atoms with van der Waals surface area (Å²) < 4.78 is 4.65. The summed E-state index contributed by atoms with van der Waals surface area (Å²) in [7, 11) is 0. The molecule has 13 rings (SSSR count). The molecule has 0 unspecified atom stereocenters. The third kappa shape index (κ3) is 6.74. The molecule has 0 amide bonds. The van der Waals surface area contributed by atoms with E-state index in [0.717, 1.165) is 99.6 Å². The van der Waals surface area contributed by atoms with Crippen molar-refractivity contribution < 1.29 is 0 Å². The highest BCUT2D eigenvalue weighted by Gasteiger charge is 2.24. The number of benzene rings is 9. The molecule has 6 nitrogen and oxygen atoms in total. The van der Waals surface area contributed by atoms with Crippen LogP contribution in [0, 0.1) is 0 Å². The van der Waals surface area contributed by atoms with E-state index in [1.807, 2.05) is 36.4 Å². The molecule has 0 saturated carbocycles. The van der Waals surface area contributed by atoms with E-state index < -0.39 is 0 Å². The van der Waals surface area contributed by atoms with E-state index in [0.29, 0.717) is 17.6 Å². The lowest BCUT2D eigenvalue weighted by atomic mass is 9.98. The van der Waals surface area contributed by atoms with E-state index in [1.165, 1.54) is 5.56 Å². The molecule has 4 heterocycles. The fourth-order valence-corrected chi connectivity index (χ4v) is 9.79. The maximum atomic E-state index is 5.44. The lowest BCUT2D eigenvalue weighted by Gasteiger charge is -2.15. The van der Waals surface area contributed by atoms with Gasteiger partial charge in [0.15, 0.2) is 11.6 Å². The summed E-state index contributed by atoms with van der Waals surface area (Å²) in [6.07, 6.45) is 0. The van der Waals surface area contributed by atoms with Gasteiger partial charge in [0.25, 0.3) is 0 Å². The molecule has 68 heavy (non-hydrogen) atoms.